The summed E-state index contributed by atoms with van der Waals surface area (Å²) in [4.78, 5) is 12.4. The van der Waals surface area contributed by atoms with Crippen LogP contribution in [0.2, 0.25) is 5.02 Å². The van der Waals surface area contributed by atoms with E-state index in [0.29, 0.717) is 10.6 Å². The topological polar surface area (TPSA) is 41.1 Å². The summed E-state index contributed by atoms with van der Waals surface area (Å²) < 4.78 is 0. The number of hydrogen-bond acceptors (Lipinski definition) is 2. The van der Waals surface area contributed by atoms with E-state index in [-0.39, 0.29) is 11.9 Å². The van der Waals surface area contributed by atoms with E-state index in [0.717, 1.165) is 24.4 Å². The maximum absolute atomic E-state index is 12.4. The van der Waals surface area contributed by atoms with Crippen molar-refractivity contribution in [1.82, 2.24) is 5.32 Å². The number of benzene rings is 1. The van der Waals surface area contributed by atoms with Gasteiger partial charge in [0.1, 0.15) is 0 Å². The highest BCUT2D eigenvalue weighted by atomic mass is 35.5. The SMILES string of the molecule is CNc1ccc(Cl)cc1C(=O)NC1CCCC(C)CC1. The minimum absolute atomic E-state index is 0.0311. The average molecular weight is 295 g/mol. The lowest BCUT2D eigenvalue weighted by atomic mass is 10.0. The van der Waals surface area contributed by atoms with Crippen molar-refractivity contribution in [2.24, 2.45) is 5.92 Å². The molecule has 2 rings (SSSR count). The zero-order chi connectivity index (χ0) is 14.5. The lowest BCUT2D eigenvalue weighted by Crippen LogP contribution is -2.34. The summed E-state index contributed by atoms with van der Waals surface area (Å²) in [6.45, 7) is 2.29. The number of carbonyl (C=O) groups excluding carboxylic acids is 1. The largest absolute Gasteiger partial charge is 0.387 e. The first kappa shape index (κ1) is 15.2. The molecule has 2 unspecified atom stereocenters. The van der Waals surface area contributed by atoms with Crippen LogP contribution in [0.4, 0.5) is 5.69 Å². The van der Waals surface area contributed by atoms with Gasteiger partial charge in [0.05, 0.1) is 5.56 Å². The van der Waals surface area contributed by atoms with Gasteiger partial charge in [0, 0.05) is 23.8 Å². The van der Waals surface area contributed by atoms with Gasteiger partial charge in [-0.15, -0.1) is 0 Å². The van der Waals surface area contributed by atoms with Crippen LogP contribution in [0.25, 0.3) is 0 Å². The Morgan fingerprint density at radius 3 is 2.80 bits per heavy atom. The van der Waals surface area contributed by atoms with Crippen molar-refractivity contribution in [3.63, 3.8) is 0 Å². The summed E-state index contributed by atoms with van der Waals surface area (Å²) in [5.74, 6) is 0.743. The highest BCUT2D eigenvalue weighted by molar-refractivity contribution is 6.31. The van der Waals surface area contributed by atoms with Crippen LogP contribution in [0.15, 0.2) is 18.2 Å². The van der Waals surface area contributed by atoms with Gasteiger partial charge in [-0.3, -0.25) is 4.79 Å². The van der Waals surface area contributed by atoms with Gasteiger partial charge in [0.2, 0.25) is 0 Å². The molecule has 0 heterocycles. The molecule has 1 amide bonds. The molecule has 3 nitrogen and oxygen atoms in total. The Morgan fingerprint density at radius 1 is 1.25 bits per heavy atom. The molecule has 0 bridgehead atoms. The zero-order valence-corrected chi connectivity index (χ0v) is 13.0. The standard InChI is InChI=1S/C16H23ClN2O/c1-11-4-3-5-13(8-6-11)19-16(20)14-10-12(17)7-9-15(14)18-2/h7,9-11,13,18H,3-6,8H2,1-2H3,(H,19,20). The van der Waals surface area contributed by atoms with Crippen LogP contribution in [0.1, 0.15) is 49.4 Å². The summed E-state index contributed by atoms with van der Waals surface area (Å²) in [5, 5.41) is 6.79. The molecule has 1 saturated carbocycles. The number of hydrogen-bond donors (Lipinski definition) is 2. The monoisotopic (exact) mass is 294 g/mol. The van der Waals surface area contributed by atoms with Gasteiger partial charge < -0.3 is 10.6 Å². The van der Waals surface area contributed by atoms with Gasteiger partial charge >= 0.3 is 0 Å². The van der Waals surface area contributed by atoms with Crippen LogP contribution in [0, 0.1) is 5.92 Å². The molecule has 1 aliphatic rings. The highest BCUT2D eigenvalue weighted by Gasteiger charge is 2.20. The predicted molar refractivity (Wildman–Crippen MR) is 84.5 cm³/mol. The quantitative estimate of drug-likeness (QED) is 0.825. The third-order valence-corrected chi connectivity index (χ3v) is 4.32. The van der Waals surface area contributed by atoms with Gasteiger partial charge in [-0.1, -0.05) is 31.4 Å². The summed E-state index contributed by atoms with van der Waals surface area (Å²) in [7, 11) is 1.81. The minimum atomic E-state index is -0.0311. The number of halogens is 1. The third-order valence-electron chi connectivity index (χ3n) is 4.09. The maximum atomic E-state index is 12.4. The molecule has 2 N–H and O–H groups in total. The first-order chi connectivity index (χ1) is 9.60. The zero-order valence-electron chi connectivity index (χ0n) is 12.2. The summed E-state index contributed by atoms with van der Waals surface area (Å²) in [6, 6.07) is 5.64. The van der Waals surface area contributed by atoms with Crippen molar-refractivity contribution in [3.8, 4) is 0 Å². The molecule has 0 spiro atoms. The minimum Gasteiger partial charge on any atom is -0.387 e. The molecule has 1 aromatic carbocycles. The summed E-state index contributed by atoms with van der Waals surface area (Å²) in [6.07, 6.45) is 5.80. The van der Waals surface area contributed by atoms with Gasteiger partial charge in [-0.25, -0.2) is 0 Å². The van der Waals surface area contributed by atoms with Crippen molar-refractivity contribution in [1.29, 1.82) is 0 Å². The number of anilines is 1. The Bertz CT molecular complexity index is 476. The molecule has 2 atom stereocenters. The van der Waals surface area contributed by atoms with E-state index < -0.39 is 0 Å². The fourth-order valence-electron chi connectivity index (χ4n) is 2.82. The lowest BCUT2D eigenvalue weighted by Gasteiger charge is -2.18. The molecule has 0 aromatic heterocycles. The molecule has 0 radical (unpaired) electrons. The molecule has 1 aliphatic carbocycles. The van der Waals surface area contributed by atoms with E-state index >= 15 is 0 Å². The van der Waals surface area contributed by atoms with Crippen LogP contribution < -0.4 is 10.6 Å². The second-order valence-corrected chi connectivity index (χ2v) is 6.16. The number of nitrogens with one attached hydrogen (secondary N) is 2. The molecular weight excluding hydrogens is 272 g/mol. The van der Waals surface area contributed by atoms with E-state index in [9.17, 15) is 4.79 Å². The van der Waals surface area contributed by atoms with Crippen molar-refractivity contribution in [2.75, 3.05) is 12.4 Å². The molecule has 110 valence electrons. The van der Waals surface area contributed by atoms with E-state index in [2.05, 4.69) is 17.6 Å². The first-order valence-electron chi connectivity index (χ1n) is 7.38. The van der Waals surface area contributed by atoms with Crippen LogP contribution >= 0.6 is 11.6 Å². The molecule has 1 fully saturated rings. The van der Waals surface area contributed by atoms with Crippen LogP contribution in [-0.2, 0) is 0 Å². The normalized spacial score (nSPS) is 22.9. The lowest BCUT2D eigenvalue weighted by molar-refractivity contribution is 0.0934. The van der Waals surface area contributed by atoms with Gasteiger partial charge in [0.25, 0.3) is 5.91 Å². The number of rotatable bonds is 3. The average Bonchev–Trinajstić information content (AvgIpc) is 2.63. The van der Waals surface area contributed by atoms with Crippen LogP contribution in [-0.4, -0.2) is 19.0 Å². The Kier molecular flexibility index (Phi) is 5.30. The summed E-state index contributed by atoms with van der Waals surface area (Å²) in [5.41, 5.74) is 1.44. The Morgan fingerprint density at radius 2 is 2.05 bits per heavy atom. The summed E-state index contributed by atoms with van der Waals surface area (Å²) >= 11 is 6.00. The number of amides is 1. The van der Waals surface area contributed by atoms with Gasteiger partial charge in [-0.05, 0) is 43.4 Å². The predicted octanol–water partition coefficient (Wildman–Crippen LogP) is 4.08. The molecular formula is C16H23ClN2O. The van der Waals surface area contributed by atoms with Gasteiger partial charge in [-0.2, -0.15) is 0 Å². The van der Waals surface area contributed by atoms with Crippen molar-refractivity contribution < 1.29 is 4.79 Å². The van der Waals surface area contributed by atoms with E-state index in [1.54, 1.807) is 12.1 Å². The first-order valence-corrected chi connectivity index (χ1v) is 7.76. The van der Waals surface area contributed by atoms with E-state index in [1.165, 1.54) is 19.3 Å². The van der Waals surface area contributed by atoms with Gasteiger partial charge in [0.15, 0.2) is 0 Å². The van der Waals surface area contributed by atoms with Crippen molar-refractivity contribution in [3.05, 3.63) is 28.8 Å². The Balaban J connectivity index is 2.06. The van der Waals surface area contributed by atoms with Crippen molar-refractivity contribution >= 4 is 23.2 Å². The maximum Gasteiger partial charge on any atom is 0.253 e. The Labute approximate surface area is 126 Å². The molecule has 0 saturated heterocycles. The second-order valence-electron chi connectivity index (χ2n) is 5.72. The molecule has 20 heavy (non-hydrogen) atoms. The molecule has 1 aromatic rings. The van der Waals surface area contributed by atoms with Crippen LogP contribution in [0.5, 0.6) is 0 Å². The highest BCUT2D eigenvalue weighted by Crippen LogP contribution is 2.24. The second kappa shape index (κ2) is 6.98. The van der Waals surface area contributed by atoms with Crippen LogP contribution in [0.3, 0.4) is 0 Å². The molecule has 4 heteroatoms. The fourth-order valence-corrected chi connectivity index (χ4v) is 2.99. The Hall–Kier alpha value is -1.22. The van der Waals surface area contributed by atoms with E-state index in [4.69, 9.17) is 11.6 Å². The molecule has 0 aliphatic heterocycles. The van der Waals surface area contributed by atoms with Crippen molar-refractivity contribution in [2.45, 2.75) is 45.1 Å². The smallest absolute Gasteiger partial charge is 0.253 e. The fraction of sp³-hybridized carbons (Fsp3) is 0.562. The third kappa shape index (κ3) is 3.89. The number of carbonyl (C=O) groups is 1. The van der Waals surface area contributed by atoms with E-state index in [1.807, 2.05) is 13.1 Å².